The van der Waals surface area contributed by atoms with Crippen LogP contribution < -0.4 is 38.1 Å². The number of guanidine groups is 1. The standard InChI is InChI=1S/C26H35N11O7/c27-26(28)29-8-4-7-17-23(42)31-12-20(38)32-19(10-22(40)41)24(43)30-11-16-13-37(36-35-16)14-21(39)33-18(25(44)34-17)9-15-5-2-1-3-6-15/h1-3,5-6,13,17-19H,4,7-12,14H2,(H,30,43)(H,31,42)(H,32,38)(H,33,39)(H,34,44)(H,40,41)(H4,27,28,29)/t17-,18+,19-/m1/s1. The van der Waals surface area contributed by atoms with Gasteiger partial charge in [0, 0.05) is 13.0 Å². The smallest absolute Gasteiger partial charge is 0.305 e. The van der Waals surface area contributed by atoms with E-state index in [0.717, 1.165) is 5.56 Å². The van der Waals surface area contributed by atoms with Crippen LogP contribution in [0, 0.1) is 0 Å². The Kier molecular flexibility index (Phi) is 12.1. The second kappa shape index (κ2) is 16.2. The molecule has 18 nitrogen and oxygen atoms in total. The summed E-state index contributed by atoms with van der Waals surface area (Å²) in [6, 6.07) is 5.19. The highest BCUT2D eigenvalue weighted by molar-refractivity contribution is 5.95. The number of nitrogens with two attached hydrogens (primary N) is 2. The van der Waals surface area contributed by atoms with E-state index < -0.39 is 66.6 Å². The van der Waals surface area contributed by atoms with Crippen LogP contribution in [0.1, 0.15) is 30.5 Å². The average molecular weight is 614 g/mol. The van der Waals surface area contributed by atoms with Crippen molar-refractivity contribution in [3.63, 3.8) is 0 Å². The highest BCUT2D eigenvalue weighted by Gasteiger charge is 2.29. The second-order valence-electron chi connectivity index (χ2n) is 9.88. The largest absolute Gasteiger partial charge is 0.481 e. The third-order valence-electron chi connectivity index (χ3n) is 6.30. The molecule has 1 aliphatic rings. The van der Waals surface area contributed by atoms with Crippen LogP contribution in [0.3, 0.4) is 0 Å². The number of nitrogens with zero attached hydrogens (tertiary/aromatic N) is 4. The van der Waals surface area contributed by atoms with E-state index in [1.165, 1.54) is 10.9 Å². The van der Waals surface area contributed by atoms with Gasteiger partial charge in [0.1, 0.15) is 30.4 Å². The first-order valence-corrected chi connectivity index (χ1v) is 13.6. The second-order valence-corrected chi connectivity index (χ2v) is 9.88. The molecule has 0 saturated heterocycles. The van der Waals surface area contributed by atoms with Crippen LogP contribution in [0.2, 0.25) is 0 Å². The Hall–Kier alpha value is -5.55. The molecule has 0 saturated carbocycles. The molecule has 18 heteroatoms. The van der Waals surface area contributed by atoms with Gasteiger partial charge in [0.2, 0.25) is 29.5 Å². The monoisotopic (exact) mass is 613 g/mol. The molecule has 236 valence electrons. The first kappa shape index (κ1) is 33.0. The number of hydrogen-bond donors (Lipinski definition) is 8. The molecule has 3 atom stereocenters. The van der Waals surface area contributed by atoms with Gasteiger partial charge in [0.05, 0.1) is 25.7 Å². The van der Waals surface area contributed by atoms with Crippen molar-refractivity contribution in [2.24, 2.45) is 16.5 Å². The van der Waals surface area contributed by atoms with Gasteiger partial charge in [-0.15, -0.1) is 5.10 Å². The van der Waals surface area contributed by atoms with E-state index in [0.29, 0.717) is 0 Å². The van der Waals surface area contributed by atoms with Gasteiger partial charge in [0.25, 0.3) is 0 Å². The number of nitrogens with one attached hydrogen (secondary N) is 5. The lowest BCUT2D eigenvalue weighted by Gasteiger charge is -2.23. The van der Waals surface area contributed by atoms with Crippen molar-refractivity contribution in [1.29, 1.82) is 0 Å². The topological polar surface area (TPSA) is 278 Å². The molecule has 5 amide bonds. The molecular formula is C26H35N11O7. The Balaban J connectivity index is 1.88. The number of carbonyl (C=O) groups excluding carboxylic acids is 5. The van der Waals surface area contributed by atoms with E-state index >= 15 is 0 Å². The fourth-order valence-corrected chi connectivity index (χ4v) is 4.21. The van der Waals surface area contributed by atoms with Crippen molar-refractivity contribution in [3.05, 3.63) is 47.8 Å². The number of benzene rings is 1. The molecular weight excluding hydrogens is 578 g/mol. The van der Waals surface area contributed by atoms with Gasteiger partial charge in [-0.05, 0) is 18.4 Å². The SMILES string of the molecule is NC(N)=NCCC[C@H]1NC(=O)[C@H](Cc2ccccc2)NC(=O)Cn2cc(nn2)CNC(=O)[C@@H](CC(=O)O)NC(=O)CNC1=O. The van der Waals surface area contributed by atoms with E-state index in [2.05, 4.69) is 41.9 Å². The molecule has 1 aromatic heterocycles. The first-order chi connectivity index (χ1) is 21.0. The Bertz CT molecular complexity index is 1380. The number of rotatable bonds is 8. The first-order valence-electron chi connectivity index (χ1n) is 13.6. The van der Waals surface area contributed by atoms with Crippen molar-refractivity contribution < 1.29 is 33.9 Å². The quantitative estimate of drug-likeness (QED) is 0.0813. The van der Waals surface area contributed by atoms with Crippen LogP contribution in [-0.2, 0) is 48.3 Å². The number of aliphatic imine (C=N–C) groups is 1. The van der Waals surface area contributed by atoms with E-state index in [4.69, 9.17) is 11.5 Å². The summed E-state index contributed by atoms with van der Waals surface area (Å²) in [5.41, 5.74) is 11.7. The lowest BCUT2D eigenvalue weighted by molar-refractivity contribution is -0.140. The van der Waals surface area contributed by atoms with Crippen LogP contribution in [0.25, 0.3) is 0 Å². The number of carbonyl (C=O) groups is 6. The molecule has 0 unspecified atom stereocenters. The van der Waals surface area contributed by atoms with E-state index in [1.807, 2.05) is 0 Å². The summed E-state index contributed by atoms with van der Waals surface area (Å²) in [6.07, 6.45) is 1.09. The average Bonchev–Trinajstić information content (AvgIpc) is 3.42. The van der Waals surface area contributed by atoms with Gasteiger partial charge in [-0.1, -0.05) is 35.5 Å². The molecule has 10 N–H and O–H groups in total. The van der Waals surface area contributed by atoms with Crippen LogP contribution in [-0.4, -0.2) is 92.8 Å². The Morgan fingerprint density at radius 2 is 1.59 bits per heavy atom. The van der Waals surface area contributed by atoms with Crippen LogP contribution in [0.4, 0.5) is 0 Å². The predicted octanol–water partition coefficient (Wildman–Crippen LogP) is -3.75. The number of fused-ring (bicyclic) bond motifs is 2. The number of carboxylic acids is 1. The molecule has 2 bridgehead atoms. The van der Waals surface area contributed by atoms with Crippen LogP contribution >= 0.6 is 0 Å². The summed E-state index contributed by atoms with van der Waals surface area (Å²) < 4.78 is 1.19. The maximum Gasteiger partial charge on any atom is 0.305 e. The van der Waals surface area contributed by atoms with Crippen molar-refractivity contribution in [3.8, 4) is 0 Å². The van der Waals surface area contributed by atoms with Gasteiger partial charge in [-0.2, -0.15) is 0 Å². The summed E-state index contributed by atoms with van der Waals surface area (Å²) in [5.74, 6) is -5.14. The highest BCUT2D eigenvalue weighted by atomic mass is 16.4. The van der Waals surface area contributed by atoms with Crippen LogP contribution in [0.15, 0.2) is 41.5 Å². The molecule has 0 spiro atoms. The minimum Gasteiger partial charge on any atom is -0.481 e. The normalized spacial score (nSPS) is 20.4. The molecule has 1 aromatic carbocycles. The number of hydrogen-bond acceptors (Lipinski definition) is 9. The zero-order valence-corrected chi connectivity index (χ0v) is 23.7. The predicted molar refractivity (Wildman–Crippen MR) is 153 cm³/mol. The molecule has 0 fully saturated rings. The fourth-order valence-electron chi connectivity index (χ4n) is 4.21. The number of aliphatic carboxylic acids is 1. The summed E-state index contributed by atoms with van der Waals surface area (Å²) in [6.45, 7) is -0.969. The molecule has 44 heavy (non-hydrogen) atoms. The number of amides is 5. The Morgan fingerprint density at radius 3 is 2.30 bits per heavy atom. The minimum absolute atomic E-state index is 0.0632. The van der Waals surface area contributed by atoms with Gasteiger partial charge < -0.3 is 43.2 Å². The van der Waals surface area contributed by atoms with Gasteiger partial charge in [0.15, 0.2) is 5.96 Å². The lowest BCUT2D eigenvalue weighted by atomic mass is 10.0. The molecule has 3 rings (SSSR count). The Labute approximate surface area is 251 Å². The van der Waals surface area contributed by atoms with Crippen molar-refractivity contribution in [2.45, 2.75) is 56.9 Å². The zero-order valence-electron chi connectivity index (χ0n) is 23.7. The third-order valence-corrected chi connectivity index (χ3v) is 6.30. The van der Waals surface area contributed by atoms with Crippen LogP contribution in [0.5, 0.6) is 0 Å². The molecule has 2 heterocycles. The fraction of sp³-hybridized carbons (Fsp3) is 0.423. The summed E-state index contributed by atoms with van der Waals surface area (Å²) in [7, 11) is 0. The molecule has 0 radical (unpaired) electrons. The third kappa shape index (κ3) is 11.0. The van der Waals surface area contributed by atoms with Crippen molar-refractivity contribution in [2.75, 3.05) is 13.1 Å². The minimum atomic E-state index is -1.46. The Morgan fingerprint density at radius 1 is 0.909 bits per heavy atom. The molecule has 1 aliphatic heterocycles. The van der Waals surface area contributed by atoms with E-state index in [-0.39, 0.29) is 50.6 Å². The maximum absolute atomic E-state index is 13.5. The highest BCUT2D eigenvalue weighted by Crippen LogP contribution is 2.07. The molecule has 2 aromatic rings. The van der Waals surface area contributed by atoms with Gasteiger partial charge in [-0.25, -0.2) is 4.68 Å². The van der Waals surface area contributed by atoms with Gasteiger partial charge in [-0.3, -0.25) is 33.8 Å². The maximum atomic E-state index is 13.5. The van der Waals surface area contributed by atoms with E-state index in [1.54, 1.807) is 30.3 Å². The zero-order chi connectivity index (χ0) is 32.1. The number of carboxylic acid groups (broad SMARTS) is 1. The van der Waals surface area contributed by atoms with Crippen molar-refractivity contribution >= 4 is 41.5 Å². The summed E-state index contributed by atoms with van der Waals surface area (Å²) >= 11 is 0. The summed E-state index contributed by atoms with van der Waals surface area (Å²) in [4.78, 5) is 80.0. The summed E-state index contributed by atoms with van der Waals surface area (Å²) in [5, 5.41) is 29.4. The van der Waals surface area contributed by atoms with E-state index in [9.17, 15) is 33.9 Å². The number of aromatic nitrogens is 3. The van der Waals surface area contributed by atoms with Gasteiger partial charge >= 0.3 is 5.97 Å². The molecule has 0 aliphatic carbocycles. The lowest BCUT2D eigenvalue weighted by Crippen LogP contribution is -2.56. The van der Waals surface area contributed by atoms with Crippen molar-refractivity contribution in [1.82, 2.24) is 41.6 Å².